The van der Waals surface area contributed by atoms with Crippen LogP contribution in [0.4, 0.5) is 0 Å². The van der Waals surface area contributed by atoms with Crippen molar-refractivity contribution in [3.8, 4) is 0 Å². The molecule has 0 radical (unpaired) electrons. The van der Waals surface area contributed by atoms with Gasteiger partial charge in [-0.15, -0.1) is 6.58 Å². The predicted molar refractivity (Wildman–Crippen MR) is 40.4 cm³/mol. The number of rotatable bonds is 4. The number of aliphatic hydroxyl groups excluding tert-OH is 2. The molecule has 3 nitrogen and oxygen atoms in total. The SMILES string of the molecule is C=C[C@@H](C)[C@H](O)[C@H](N)CO. The minimum absolute atomic E-state index is 0.0675. The van der Waals surface area contributed by atoms with Crippen LogP contribution in [0, 0.1) is 5.92 Å². The molecule has 0 saturated heterocycles. The van der Waals surface area contributed by atoms with E-state index in [2.05, 4.69) is 6.58 Å². The summed E-state index contributed by atoms with van der Waals surface area (Å²) < 4.78 is 0. The van der Waals surface area contributed by atoms with Crippen LogP contribution >= 0.6 is 0 Å². The van der Waals surface area contributed by atoms with Gasteiger partial charge in [0.25, 0.3) is 0 Å². The van der Waals surface area contributed by atoms with Crippen LogP contribution < -0.4 is 5.73 Å². The predicted octanol–water partition coefficient (Wildman–Crippen LogP) is -0.511. The molecule has 0 rings (SSSR count). The van der Waals surface area contributed by atoms with Crippen LogP contribution in [0.1, 0.15) is 6.92 Å². The fourth-order valence-electron chi connectivity index (χ4n) is 0.637. The summed E-state index contributed by atoms with van der Waals surface area (Å²) in [6.45, 7) is 5.10. The van der Waals surface area contributed by atoms with Gasteiger partial charge in [0.1, 0.15) is 0 Å². The maximum atomic E-state index is 9.23. The Bertz CT molecular complexity index is 106. The van der Waals surface area contributed by atoms with Crippen molar-refractivity contribution in [3.05, 3.63) is 12.7 Å². The molecule has 3 heteroatoms. The first-order valence-electron chi connectivity index (χ1n) is 3.30. The monoisotopic (exact) mass is 145 g/mol. The van der Waals surface area contributed by atoms with E-state index in [1.807, 2.05) is 0 Å². The Balaban J connectivity index is 3.80. The van der Waals surface area contributed by atoms with Crippen molar-refractivity contribution in [1.29, 1.82) is 0 Å². The Labute approximate surface area is 61.2 Å². The molecule has 0 aliphatic heterocycles. The zero-order valence-corrected chi connectivity index (χ0v) is 6.20. The average molecular weight is 145 g/mol. The summed E-state index contributed by atoms with van der Waals surface area (Å²) in [6.07, 6.45) is 0.919. The van der Waals surface area contributed by atoms with Crippen molar-refractivity contribution in [1.82, 2.24) is 0 Å². The van der Waals surface area contributed by atoms with E-state index in [4.69, 9.17) is 10.8 Å². The van der Waals surface area contributed by atoms with Crippen molar-refractivity contribution < 1.29 is 10.2 Å². The molecule has 0 unspecified atom stereocenters. The molecule has 0 bridgehead atoms. The summed E-state index contributed by atoms with van der Waals surface area (Å²) in [7, 11) is 0. The maximum Gasteiger partial charge on any atom is 0.0773 e. The summed E-state index contributed by atoms with van der Waals surface area (Å²) in [6, 6.07) is -0.562. The average Bonchev–Trinajstić information content (AvgIpc) is 2.00. The molecule has 0 aliphatic carbocycles. The first-order chi connectivity index (χ1) is 4.63. The Hall–Kier alpha value is -0.380. The van der Waals surface area contributed by atoms with Crippen molar-refractivity contribution in [2.45, 2.75) is 19.1 Å². The number of aliphatic hydroxyl groups is 2. The highest BCUT2D eigenvalue weighted by Gasteiger charge is 2.17. The quantitative estimate of drug-likeness (QED) is 0.467. The minimum atomic E-state index is -0.692. The van der Waals surface area contributed by atoms with Gasteiger partial charge in [-0.1, -0.05) is 13.0 Å². The molecule has 0 fully saturated rings. The molecular formula is C7H15NO2. The fraction of sp³-hybridized carbons (Fsp3) is 0.714. The molecule has 0 aliphatic rings. The van der Waals surface area contributed by atoms with Gasteiger partial charge in [0.05, 0.1) is 18.8 Å². The summed E-state index contributed by atoms with van der Waals surface area (Å²) in [4.78, 5) is 0. The molecule has 10 heavy (non-hydrogen) atoms. The molecule has 0 saturated carbocycles. The number of nitrogens with two attached hydrogens (primary N) is 1. The molecule has 0 aromatic rings. The molecule has 0 amide bonds. The summed E-state index contributed by atoms with van der Waals surface area (Å²) in [5.41, 5.74) is 5.35. The van der Waals surface area contributed by atoms with E-state index in [1.54, 1.807) is 13.0 Å². The summed E-state index contributed by atoms with van der Waals surface area (Å²) >= 11 is 0. The van der Waals surface area contributed by atoms with Crippen LogP contribution in [-0.2, 0) is 0 Å². The van der Waals surface area contributed by atoms with Crippen LogP contribution in [0.15, 0.2) is 12.7 Å². The Morgan fingerprint density at radius 1 is 1.70 bits per heavy atom. The number of hydrogen-bond acceptors (Lipinski definition) is 3. The highest BCUT2D eigenvalue weighted by molar-refractivity contribution is 4.86. The highest BCUT2D eigenvalue weighted by Crippen LogP contribution is 2.05. The van der Waals surface area contributed by atoms with E-state index in [9.17, 15) is 5.11 Å². The smallest absolute Gasteiger partial charge is 0.0773 e. The Morgan fingerprint density at radius 2 is 2.20 bits per heavy atom. The standard InChI is InChI=1S/C7H15NO2/c1-3-5(2)7(10)6(8)4-9/h3,5-7,9-10H,1,4,8H2,2H3/t5-,6-,7+/m1/s1. The molecular weight excluding hydrogens is 130 g/mol. The van der Waals surface area contributed by atoms with Gasteiger partial charge in [0.2, 0.25) is 0 Å². The third kappa shape index (κ3) is 2.47. The first kappa shape index (κ1) is 9.62. The van der Waals surface area contributed by atoms with Crippen LogP contribution in [0.5, 0.6) is 0 Å². The lowest BCUT2D eigenvalue weighted by molar-refractivity contribution is 0.0811. The Kier molecular flexibility index (Phi) is 4.27. The molecule has 60 valence electrons. The topological polar surface area (TPSA) is 66.5 Å². The minimum Gasteiger partial charge on any atom is -0.395 e. The van der Waals surface area contributed by atoms with Crippen molar-refractivity contribution in [2.24, 2.45) is 11.7 Å². The molecule has 3 atom stereocenters. The van der Waals surface area contributed by atoms with Gasteiger partial charge >= 0.3 is 0 Å². The van der Waals surface area contributed by atoms with Crippen molar-refractivity contribution >= 4 is 0 Å². The van der Waals surface area contributed by atoms with E-state index in [-0.39, 0.29) is 12.5 Å². The van der Waals surface area contributed by atoms with Gasteiger partial charge in [-0.2, -0.15) is 0 Å². The van der Waals surface area contributed by atoms with E-state index >= 15 is 0 Å². The lowest BCUT2D eigenvalue weighted by Crippen LogP contribution is -2.41. The molecule has 0 heterocycles. The molecule has 0 aromatic heterocycles. The van der Waals surface area contributed by atoms with Gasteiger partial charge < -0.3 is 15.9 Å². The molecule has 0 aromatic carbocycles. The summed E-state index contributed by atoms with van der Waals surface area (Å²) in [5.74, 6) is -0.0675. The third-order valence-corrected chi connectivity index (χ3v) is 1.56. The molecule has 0 spiro atoms. The second-order valence-electron chi connectivity index (χ2n) is 2.43. The maximum absolute atomic E-state index is 9.23. The fourth-order valence-corrected chi connectivity index (χ4v) is 0.637. The highest BCUT2D eigenvalue weighted by atomic mass is 16.3. The van der Waals surface area contributed by atoms with E-state index < -0.39 is 12.1 Å². The van der Waals surface area contributed by atoms with Gasteiger partial charge in [-0.3, -0.25) is 0 Å². The number of hydrogen-bond donors (Lipinski definition) is 3. The lowest BCUT2D eigenvalue weighted by Gasteiger charge is -2.20. The van der Waals surface area contributed by atoms with Crippen LogP contribution in [-0.4, -0.2) is 29.0 Å². The summed E-state index contributed by atoms with van der Waals surface area (Å²) in [5, 5.41) is 17.8. The second-order valence-corrected chi connectivity index (χ2v) is 2.43. The van der Waals surface area contributed by atoms with Crippen LogP contribution in [0.3, 0.4) is 0 Å². The van der Waals surface area contributed by atoms with Gasteiger partial charge in [-0.25, -0.2) is 0 Å². The zero-order valence-electron chi connectivity index (χ0n) is 6.20. The normalized spacial score (nSPS) is 19.6. The van der Waals surface area contributed by atoms with Crippen LogP contribution in [0.25, 0.3) is 0 Å². The van der Waals surface area contributed by atoms with Gasteiger partial charge in [-0.05, 0) is 0 Å². The second kappa shape index (κ2) is 4.44. The third-order valence-electron chi connectivity index (χ3n) is 1.56. The lowest BCUT2D eigenvalue weighted by atomic mass is 9.99. The van der Waals surface area contributed by atoms with Gasteiger partial charge in [0.15, 0.2) is 0 Å². The zero-order chi connectivity index (χ0) is 8.15. The van der Waals surface area contributed by atoms with Gasteiger partial charge in [0, 0.05) is 5.92 Å². The Morgan fingerprint density at radius 3 is 2.50 bits per heavy atom. The van der Waals surface area contributed by atoms with Crippen LogP contribution in [0.2, 0.25) is 0 Å². The molecule has 4 N–H and O–H groups in total. The van der Waals surface area contributed by atoms with Crippen molar-refractivity contribution in [3.63, 3.8) is 0 Å². The van der Waals surface area contributed by atoms with E-state index in [0.717, 1.165) is 0 Å². The van der Waals surface area contributed by atoms with E-state index in [1.165, 1.54) is 0 Å². The largest absolute Gasteiger partial charge is 0.395 e. The van der Waals surface area contributed by atoms with E-state index in [0.29, 0.717) is 0 Å². The first-order valence-corrected chi connectivity index (χ1v) is 3.30. The van der Waals surface area contributed by atoms with Crippen molar-refractivity contribution in [2.75, 3.05) is 6.61 Å².